The molecule has 0 aliphatic carbocycles. The van der Waals surface area contributed by atoms with Crippen molar-refractivity contribution in [3.8, 4) is 11.5 Å². The van der Waals surface area contributed by atoms with Gasteiger partial charge < -0.3 is 9.47 Å². The predicted molar refractivity (Wildman–Crippen MR) is 132 cm³/mol. The normalized spacial score (nSPS) is 12.1. The van der Waals surface area contributed by atoms with Crippen molar-refractivity contribution in [2.24, 2.45) is 10.2 Å². The summed E-state index contributed by atoms with van der Waals surface area (Å²) in [7, 11) is 0. The molecule has 0 saturated heterocycles. The second-order valence-corrected chi connectivity index (χ2v) is 7.26. The van der Waals surface area contributed by atoms with E-state index in [2.05, 4.69) is 21.1 Å². The van der Waals surface area contributed by atoms with Crippen molar-refractivity contribution in [2.75, 3.05) is 24.1 Å². The fraction of sp³-hybridized carbons (Fsp3) is 0.154. The molecule has 0 aromatic heterocycles. The van der Waals surface area contributed by atoms with Crippen molar-refractivity contribution >= 4 is 22.1 Å². The number of benzene rings is 4. The quantitative estimate of drug-likeness (QED) is 0.312. The van der Waals surface area contributed by atoms with Gasteiger partial charge in [-0.15, -0.1) is 0 Å². The van der Waals surface area contributed by atoms with E-state index >= 15 is 0 Å². The maximum absolute atomic E-state index is 12.9. The van der Waals surface area contributed by atoms with Gasteiger partial charge in [-0.1, -0.05) is 24.3 Å². The van der Waals surface area contributed by atoms with Crippen molar-refractivity contribution in [2.45, 2.75) is 13.8 Å². The van der Waals surface area contributed by atoms with E-state index in [0.29, 0.717) is 35.4 Å². The maximum Gasteiger partial charge on any atom is 0.256 e. The summed E-state index contributed by atoms with van der Waals surface area (Å²) in [6, 6.07) is 21.4. The van der Waals surface area contributed by atoms with E-state index in [9.17, 15) is 9.59 Å². The highest BCUT2D eigenvalue weighted by molar-refractivity contribution is 5.81. The van der Waals surface area contributed by atoms with Crippen molar-refractivity contribution in [1.29, 1.82) is 0 Å². The molecule has 0 fully saturated rings. The molecule has 8 nitrogen and oxygen atoms in total. The molecule has 0 unspecified atom stereocenters. The predicted octanol–water partition coefficient (Wildman–Crippen LogP) is 3.09. The average Bonchev–Trinajstić information content (AvgIpc) is 2.86. The first kappa shape index (κ1) is 22.7. The van der Waals surface area contributed by atoms with Gasteiger partial charge in [-0.05, 0) is 62.4 Å². The second-order valence-electron chi connectivity index (χ2n) is 7.26. The molecular weight excluding hydrogens is 432 g/mol. The second kappa shape index (κ2) is 10.4. The van der Waals surface area contributed by atoms with Crippen LogP contribution in [0.1, 0.15) is 13.8 Å². The summed E-state index contributed by atoms with van der Waals surface area (Å²) in [6.45, 7) is 4.96. The number of hydrogen-bond donors (Lipinski definition) is 2. The monoisotopic (exact) mass is 456 g/mol. The number of anilines is 2. The standard InChI is InChI=1S/C26H24N4O4/c1-3-33-19-13-9-17(10-14-19)27-29-23-21-7-5-6-8-22(21)24(26(32)25(23)31)30-28-18-11-15-20(16-12-18)34-4-2/h5-16,27-28H,3-4H2,1-2H3/b29-23-,30-24-. The van der Waals surface area contributed by atoms with Crippen LogP contribution in [0.2, 0.25) is 0 Å². The smallest absolute Gasteiger partial charge is 0.256 e. The summed E-state index contributed by atoms with van der Waals surface area (Å²) < 4.78 is 10.9. The van der Waals surface area contributed by atoms with Crippen LogP contribution in [0.3, 0.4) is 0 Å². The first-order valence-corrected chi connectivity index (χ1v) is 10.9. The molecule has 172 valence electrons. The molecular formula is C26H24N4O4. The molecule has 0 radical (unpaired) electrons. The summed E-state index contributed by atoms with van der Waals surface area (Å²) in [4.78, 5) is 25.8. The van der Waals surface area contributed by atoms with E-state index in [0.717, 1.165) is 11.5 Å². The number of nitrogens with one attached hydrogen (secondary N) is 2. The van der Waals surface area contributed by atoms with Crippen molar-refractivity contribution in [1.82, 2.24) is 0 Å². The minimum Gasteiger partial charge on any atom is -0.494 e. The van der Waals surface area contributed by atoms with E-state index in [-0.39, 0.29) is 10.7 Å². The molecule has 4 aromatic rings. The van der Waals surface area contributed by atoms with Crippen molar-refractivity contribution in [3.63, 3.8) is 0 Å². The van der Waals surface area contributed by atoms with Gasteiger partial charge in [0.25, 0.3) is 10.9 Å². The van der Waals surface area contributed by atoms with Crippen LogP contribution in [0, 0.1) is 0 Å². The van der Waals surface area contributed by atoms with E-state index in [1.54, 1.807) is 72.8 Å². The lowest BCUT2D eigenvalue weighted by atomic mass is 10.1. The molecule has 8 heteroatoms. The Bertz CT molecular complexity index is 1390. The first-order chi connectivity index (χ1) is 16.6. The molecule has 2 N–H and O–H groups in total. The summed E-state index contributed by atoms with van der Waals surface area (Å²) in [5.74, 6) is 1.46. The largest absolute Gasteiger partial charge is 0.494 e. The minimum absolute atomic E-state index is 0.0366. The lowest BCUT2D eigenvalue weighted by molar-refractivity contribution is 0.340. The fourth-order valence-electron chi connectivity index (χ4n) is 3.40. The van der Waals surface area contributed by atoms with Gasteiger partial charge in [0.15, 0.2) is 0 Å². The minimum atomic E-state index is -0.732. The fourth-order valence-corrected chi connectivity index (χ4v) is 3.40. The van der Waals surface area contributed by atoms with Crippen LogP contribution in [-0.2, 0) is 0 Å². The highest BCUT2D eigenvalue weighted by atomic mass is 16.5. The third-order valence-corrected chi connectivity index (χ3v) is 5.00. The third kappa shape index (κ3) is 4.96. The van der Waals surface area contributed by atoms with Crippen LogP contribution in [-0.4, -0.2) is 13.2 Å². The molecule has 4 rings (SSSR count). The zero-order valence-electron chi connectivity index (χ0n) is 18.9. The number of hydrogen-bond acceptors (Lipinski definition) is 8. The number of ether oxygens (including phenoxy) is 2. The van der Waals surface area contributed by atoms with Gasteiger partial charge >= 0.3 is 0 Å². The molecule has 0 spiro atoms. The molecule has 0 saturated carbocycles. The van der Waals surface area contributed by atoms with Crippen LogP contribution in [0.15, 0.2) is 92.6 Å². The summed E-state index contributed by atoms with van der Waals surface area (Å²) in [5.41, 5.74) is 5.56. The van der Waals surface area contributed by atoms with Crippen molar-refractivity contribution in [3.05, 3.63) is 104 Å². The van der Waals surface area contributed by atoms with E-state index in [1.165, 1.54) is 0 Å². The summed E-state index contributed by atoms with van der Waals surface area (Å²) >= 11 is 0. The van der Waals surface area contributed by atoms with Crippen LogP contribution in [0.25, 0.3) is 10.8 Å². The van der Waals surface area contributed by atoms with Gasteiger partial charge in [0, 0.05) is 10.8 Å². The summed E-state index contributed by atoms with van der Waals surface area (Å²) in [5, 5.41) is 9.62. The van der Waals surface area contributed by atoms with Gasteiger partial charge in [-0.3, -0.25) is 20.4 Å². The number of fused-ring (bicyclic) bond motifs is 1. The zero-order chi connectivity index (χ0) is 23.9. The van der Waals surface area contributed by atoms with Crippen LogP contribution >= 0.6 is 0 Å². The van der Waals surface area contributed by atoms with Crippen LogP contribution < -0.4 is 41.9 Å². The molecule has 0 aliphatic rings. The number of nitrogens with zero attached hydrogens (tertiary/aromatic N) is 2. The third-order valence-electron chi connectivity index (χ3n) is 5.00. The molecule has 0 bridgehead atoms. The topological polar surface area (TPSA) is 101 Å². The van der Waals surface area contributed by atoms with Crippen molar-refractivity contribution < 1.29 is 9.47 Å². The lowest BCUT2D eigenvalue weighted by Gasteiger charge is -2.05. The Morgan fingerprint density at radius 1 is 0.618 bits per heavy atom. The Kier molecular flexibility index (Phi) is 6.98. The van der Waals surface area contributed by atoms with Gasteiger partial charge in [0.05, 0.1) is 24.6 Å². The lowest BCUT2D eigenvalue weighted by Crippen LogP contribution is -2.48. The molecule has 0 aliphatic heterocycles. The Labute approximate surface area is 195 Å². The molecule has 34 heavy (non-hydrogen) atoms. The Hall–Kier alpha value is -4.46. The van der Waals surface area contributed by atoms with Gasteiger partial charge in [0.1, 0.15) is 22.2 Å². The first-order valence-electron chi connectivity index (χ1n) is 10.9. The van der Waals surface area contributed by atoms with E-state index in [1.807, 2.05) is 13.8 Å². The zero-order valence-corrected chi connectivity index (χ0v) is 18.9. The van der Waals surface area contributed by atoms with Gasteiger partial charge in [0.2, 0.25) is 0 Å². The Morgan fingerprint density at radius 2 is 1.00 bits per heavy atom. The highest BCUT2D eigenvalue weighted by Gasteiger charge is 2.10. The van der Waals surface area contributed by atoms with E-state index in [4.69, 9.17) is 9.47 Å². The van der Waals surface area contributed by atoms with Crippen LogP contribution in [0.5, 0.6) is 11.5 Å². The van der Waals surface area contributed by atoms with Gasteiger partial charge in [-0.25, -0.2) is 0 Å². The summed E-state index contributed by atoms with van der Waals surface area (Å²) in [6.07, 6.45) is 0. The number of rotatable bonds is 8. The van der Waals surface area contributed by atoms with Gasteiger partial charge in [-0.2, -0.15) is 10.2 Å². The molecule has 0 atom stereocenters. The van der Waals surface area contributed by atoms with Crippen LogP contribution in [0.4, 0.5) is 11.4 Å². The Balaban J connectivity index is 1.72. The molecule has 0 heterocycles. The maximum atomic E-state index is 12.9. The van der Waals surface area contributed by atoms with E-state index < -0.39 is 10.9 Å². The molecule has 0 amide bonds. The average molecular weight is 457 g/mol. The molecule has 4 aromatic carbocycles. The SMILES string of the molecule is CCOc1ccc(N/N=c2\c(=O)c(=O)/c(=N\Nc3ccc(OCC)cc3)c3ccccc23)cc1. The Morgan fingerprint density at radius 3 is 1.35 bits per heavy atom. The highest BCUT2D eigenvalue weighted by Crippen LogP contribution is 2.16.